The summed E-state index contributed by atoms with van der Waals surface area (Å²) in [6.07, 6.45) is 11.4. The minimum atomic E-state index is -0.742. The van der Waals surface area contributed by atoms with Crippen molar-refractivity contribution in [3.8, 4) is 0 Å². The summed E-state index contributed by atoms with van der Waals surface area (Å²) in [6.45, 7) is 9.40. The fourth-order valence-corrected chi connectivity index (χ4v) is 3.06. The third kappa shape index (κ3) is 7.54. The second kappa shape index (κ2) is 12.0. The van der Waals surface area contributed by atoms with Gasteiger partial charge >= 0.3 is 0 Å². The molecule has 0 spiro atoms. The summed E-state index contributed by atoms with van der Waals surface area (Å²) in [5.74, 6) is 0. The SMILES string of the molecule is C=C=C(C)C(/C=C\CCCC[C@H]1CC[C@H]([C@H](O)CO)O1)=C(C)\N=C/C. The van der Waals surface area contributed by atoms with Crippen LogP contribution in [0.4, 0.5) is 0 Å². The molecule has 140 valence electrons. The van der Waals surface area contributed by atoms with Crippen molar-refractivity contribution in [3.63, 3.8) is 0 Å². The quantitative estimate of drug-likeness (QED) is 0.271. The number of ether oxygens (including phenoxy) is 1. The third-order valence-corrected chi connectivity index (χ3v) is 4.57. The predicted octanol–water partition coefficient (Wildman–Crippen LogP) is 4.10. The van der Waals surface area contributed by atoms with Crippen molar-refractivity contribution < 1.29 is 14.9 Å². The Bertz CT molecular complexity index is 541. The Kier molecular flexibility index (Phi) is 10.4. The van der Waals surface area contributed by atoms with Crippen LogP contribution in [-0.4, -0.2) is 41.3 Å². The molecular formula is C21H33NO3. The number of hydrogen-bond acceptors (Lipinski definition) is 4. The molecule has 4 nitrogen and oxygen atoms in total. The maximum absolute atomic E-state index is 9.61. The first-order valence-corrected chi connectivity index (χ1v) is 9.21. The lowest BCUT2D eigenvalue weighted by atomic mass is 10.0. The fraction of sp³-hybridized carbons (Fsp3) is 0.619. The van der Waals surface area contributed by atoms with Crippen molar-refractivity contribution >= 4 is 6.21 Å². The Morgan fingerprint density at radius 2 is 2.12 bits per heavy atom. The first-order valence-electron chi connectivity index (χ1n) is 9.21. The molecule has 1 rings (SSSR count). The van der Waals surface area contributed by atoms with Gasteiger partial charge in [0.15, 0.2) is 0 Å². The number of rotatable bonds is 10. The highest BCUT2D eigenvalue weighted by molar-refractivity contribution is 5.56. The van der Waals surface area contributed by atoms with Crippen molar-refractivity contribution in [2.24, 2.45) is 4.99 Å². The first-order chi connectivity index (χ1) is 12.0. The van der Waals surface area contributed by atoms with E-state index in [0.29, 0.717) is 0 Å². The molecule has 1 heterocycles. The monoisotopic (exact) mass is 347 g/mol. The zero-order chi connectivity index (χ0) is 18.7. The second-order valence-corrected chi connectivity index (χ2v) is 6.50. The molecule has 0 radical (unpaired) electrons. The van der Waals surface area contributed by atoms with E-state index >= 15 is 0 Å². The summed E-state index contributed by atoms with van der Waals surface area (Å²) < 4.78 is 5.79. The fourth-order valence-electron chi connectivity index (χ4n) is 3.06. The van der Waals surface area contributed by atoms with Gasteiger partial charge in [-0.1, -0.05) is 25.2 Å². The Morgan fingerprint density at radius 3 is 2.76 bits per heavy atom. The number of aliphatic imine (C=N–C) groups is 1. The molecule has 4 heteroatoms. The topological polar surface area (TPSA) is 62.0 Å². The molecule has 1 aliphatic heterocycles. The van der Waals surface area contributed by atoms with Crippen molar-refractivity contribution in [2.75, 3.05) is 6.61 Å². The molecule has 0 unspecified atom stereocenters. The van der Waals surface area contributed by atoms with Crippen molar-refractivity contribution in [2.45, 2.75) is 77.6 Å². The molecule has 0 saturated carbocycles. The Labute approximate surface area is 152 Å². The molecule has 1 fully saturated rings. The van der Waals surface area contributed by atoms with Crippen LogP contribution in [0.2, 0.25) is 0 Å². The van der Waals surface area contributed by atoms with E-state index < -0.39 is 6.10 Å². The van der Waals surface area contributed by atoms with Crippen molar-refractivity contribution in [1.29, 1.82) is 0 Å². The molecule has 0 amide bonds. The summed E-state index contributed by atoms with van der Waals surface area (Å²) in [6, 6.07) is 0. The first kappa shape index (κ1) is 21.6. The van der Waals surface area contributed by atoms with E-state index in [2.05, 4.69) is 29.5 Å². The van der Waals surface area contributed by atoms with Gasteiger partial charge in [0.1, 0.15) is 6.10 Å². The van der Waals surface area contributed by atoms with Crippen LogP contribution in [0.3, 0.4) is 0 Å². The van der Waals surface area contributed by atoms with Crippen LogP contribution in [0, 0.1) is 0 Å². The van der Waals surface area contributed by atoms with Gasteiger partial charge in [-0.25, -0.2) is 0 Å². The van der Waals surface area contributed by atoms with Crippen LogP contribution >= 0.6 is 0 Å². The average molecular weight is 347 g/mol. The lowest BCUT2D eigenvalue weighted by Crippen LogP contribution is -2.29. The van der Waals surface area contributed by atoms with Gasteiger partial charge in [0.2, 0.25) is 0 Å². The molecule has 0 aromatic carbocycles. The van der Waals surface area contributed by atoms with Gasteiger partial charge in [0.05, 0.1) is 18.8 Å². The largest absolute Gasteiger partial charge is 0.394 e. The van der Waals surface area contributed by atoms with Gasteiger partial charge in [-0.05, 0) is 58.4 Å². The maximum Gasteiger partial charge on any atom is 0.103 e. The van der Waals surface area contributed by atoms with Gasteiger partial charge < -0.3 is 14.9 Å². The number of aliphatic hydroxyl groups is 2. The number of allylic oxidation sites excluding steroid dienone is 5. The van der Waals surface area contributed by atoms with E-state index in [-0.39, 0.29) is 18.8 Å². The van der Waals surface area contributed by atoms with Crippen LogP contribution < -0.4 is 0 Å². The highest BCUT2D eigenvalue weighted by Crippen LogP contribution is 2.26. The summed E-state index contributed by atoms with van der Waals surface area (Å²) in [4.78, 5) is 4.35. The summed E-state index contributed by atoms with van der Waals surface area (Å²) in [7, 11) is 0. The standard InChI is InChI=1S/C21H33NO3/c1-5-16(3)19(17(4)22-6-2)12-10-8-7-9-11-18-13-14-21(25-18)20(24)15-23/h6,10,12,18,20-21,23-24H,1,7-9,11,13-15H2,2-4H3/b12-10-,19-17-,22-6-/t18-,20+,21+/m0/s1. The van der Waals surface area contributed by atoms with Gasteiger partial charge in [-0.2, -0.15) is 0 Å². The normalized spacial score (nSPS) is 23.1. The Morgan fingerprint density at radius 1 is 1.36 bits per heavy atom. The van der Waals surface area contributed by atoms with Crippen LogP contribution in [-0.2, 0) is 4.74 Å². The predicted molar refractivity (Wildman–Crippen MR) is 104 cm³/mol. The van der Waals surface area contributed by atoms with E-state index in [1.807, 2.05) is 20.8 Å². The minimum absolute atomic E-state index is 0.196. The Hall–Kier alpha value is -1.45. The molecule has 0 bridgehead atoms. The molecule has 25 heavy (non-hydrogen) atoms. The lowest BCUT2D eigenvalue weighted by molar-refractivity contribution is -0.0554. The summed E-state index contributed by atoms with van der Waals surface area (Å²) in [5.41, 5.74) is 6.00. The summed E-state index contributed by atoms with van der Waals surface area (Å²) >= 11 is 0. The van der Waals surface area contributed by atoms with Gasteiger partial charge in [0.25, 0.3) is 0 Å². The Balaban J connectivity index is 2.36. The molecule has 1 aliphatic rings. The van der Waals surface area contributed by atoms with E-state index in [1.165, 1.54) is 0 Å². The number of unbranched alkanes of at least 4 members (excludes halogenated alkanes) is 2. The van der Waals surface area contributed by atoms with E-state index in [1.54, 1.807) is 6.21 Å². The van der Waals surface area contributed by atoms with Gasteiger partial charge in [-0.15, -0.1) is 5.73 Å². The molecule has 0 aliphatic carbocycles. The zero-order valence-electron chi connectivity index (χ0n) is 15.9. The second-order valence-electron chi connectivity index (χ2n) is 6.50. The van der Waals surface area contributed by atoms with Gasteiger partial charge in [-0.3, -0.25) is 4.99 Å². The maximum atomic E-state index is 9.61. The minimum Gasteiger partial charge on any atom is -0.394 e. The average Bonchev–Trinajstić information content (AvgIpc) is 3.08. The van der Waals surface area contributed by atoms with E-state index in [4.69, 9.17) is 9.84 Å². The van der Waals surface area contributed by atoms with Crippen LogP contribution in [0.1, 0.15) is 59.3 Å². The smallest absolute Gasteiger partial charge is 0.103 e. The number of aliphatic hydroxyl groups excluding tert-OH is 2. The van der Waals surface area contributed by atoms with Crippen LogP contribution in [0.15, 0.2) is 46.3 Å². The highest BCUT2D eigenvalue weighted by Gasteiger charge is 2.29. The van der Waals surface area contributed by atoms with Crippen LogP contribution in [0.5, 0.6) is 0 Å². The molecule has 1 saturated heterocycles. The summed E-state index contributed by atoms with van der Waals surface area (Å²) in [5, 5.41) is 18.6. The lowest BCUT2D eigenvalue weighted by Gasteiger charge is -2.17. The molecule has 2 N–H and O–H groups in total. The zero-order valence-corrected chi connectivity index (χ0v) is 15.9. The van der Waals surface area contributed by atoms with E-state index in [9.17, 15) is 5.11 Å². The van der Waals surface area contributed by atoms with Crippen molar-refractivity contribution in [3.05, 3.63) is 41.3 Å². The van der Waals surface area contributed by atoms with Crippen molar-refractivity contribution in [1.82, 2.24) is 0 Å². The van der Waals surface area contributed by atoms with Crippen LogP contribution in [0.25, 0.3) is 0 Å². The number of hydrogen-bond donors (Lipinski definition) is 2. The van der Waals surface area contributed by atoms with E-state index in [0.717, 1.165) is 55.4 Å². The number of nitrogens with zero attached hydrogens (tertiary/aromatic N) is 1. The molecule has 3 atom stereocenters. The third-order valence-electron chi connectivity index (χ3n) is 4.57. The molecule has 0 aromatic rings. The molecule has 0 aromatic heterocycles. The highest BCUT2D eigenvalue weighted by atomic mass is 16.5. The van der Waals surface area contributed by atoms with Gasteiger partial charge in [0, 0.05) is 17.5 Å². The molecular weight excluding hydrogens is 314 g/mol.